The average molecular weight is 133 g/mol. The standard InChI is InChI=1S/C6H9ClO/c7-4-6(8)5-2-1-3-5/h5H,1-4H2. The fourth-order valence-electron chi connectivity index (χ4n) is 0.839. The van der Waals surface area contributed by atoms with Crippen LogP contribution in [-0.2, 0) is 4.79 Å². The van der Waals surface area contributed by atoms with Gasteiger partial charge in [0.1, 0.15) is 0 Å². The second-order valence-corrected chi connectivity index (χ2v) is 2.50. The molecule has 1 aliphatic rings. The lowest BCUT2D eigenvalue weighted by atomic mass is 9.83. The molecule has 1 aliphatic carbocycles. The third-order valence-corrected chi connectivity index (χ3v) is 1.96. The zero-order valence-corrected chi connectivity index (χ0v) is 5.45. The zero-order valence-electron chi connectivity index (χ0n) is 4.69. The van der Waals surface area contributed by atoms with Crippen molar-refractivity contribution in [2.45, 2.75) is 19.3 Å². The van der Waals surface area contributed by atoms with Gasteiger partial charge in [0.15, 0.2) is 5.78 Å². The van der Waals surface area contributed by atoms with Gasteiger partial charge in [0.2, 0.25) is 0 Å². The van der Waals surface area contributed by atoms with Crippen LogP contribution >= 0.6 is 11.6 Å². The predicted molar refractivity (Wildman–Crippen MR) is 33.1 cm³/mol. The van der Waals surface area contributed by atoms with Gasteiger partial charge in [-0.15, -0.1) is 11.6 Å². The van der Waals surface area contributed by atoms with Crippen molar-refractivity contribution >= 4 is 17.4 Å². The van der Waals surface area contributed by atoms with E-state index in [0.29, 0.717) is 5.92 Å². The fraction of sp³-hybridized carbons (Fsp3) is 0.833. The van der Waals surface area contributed by atoms with Crippen LogP contribution in [0.15, 0.2) is 0 Å². The van der Waals surface area contributed by atoms with Crippen molar-refractivity contribution in [3.8, 4) is 0 Å². The smallest absolute Gasteiger partial charge is 0.150 e. The normalized spacial score (nSPS) is 20.1. The van der Waals surface area contributed by atoms with E-state index in [0.717, 1.165) is 12.8 Å². The summed E-state index contributed by atoms with van der Waals surface area (Å²) in [6.07, 6.45) is 3.37. The third-order valence-electron chi connectivity index (χ3n) is 1.69. The number of Topliss-reactive ketones (excluding diaryl/α,β-unsaturated/α-hetero) is 1. The average Bonchev–Trinajstić information content (AvgIpc) is 1.62. The zero-order chi connectivity index (χ0) is 5.98. The molecule has 0 aromatic rings. The van der Waals surface area contributed by atoms with Crippen LogP contribution in [0.4, 0.5) is 0 Å². The molecule has 0 aliphatic heterocycles. The summed E-state index contributed by atoms with van der Waals surface area (Å²) in [4.78, 5) is 10.7. The van der Waals surface area contributed by atoms with Gasteiger partial charge in [-0.2, -0.15) is 0 Å². The summed E-state index contributed by atoms with van der Waals surface area (Å²) in [6.45, 7) is 0. The van der Waals surface area contributed by atoms with Crippen LogP contribution in [0.25, 0.3) is 0 Å². The molecule has 8 heavy (non-hydrogen) atoms. The van der Waals surface area contributed by atoms with Gasteiger partial charge in [0.25, 0.3) is 0 Å². The van der Waals surface area contributed by atoms with Crippen molar-refractivity contribution in [2.75, 3.05) is 5.88 Å². The first-order valence-electron chi connectivity index (χ1n) is 2.93. The molecule has 0 amide bonds. The number of carbonyl (C=O) groups excluding carboxylic acids is 1. The monoisotopic (exact) mass is 132 g/mol. The van der Waals surface area contributed by atoms with Gasteiger partial charge in [-0.25, -0.2) is 0 Å². The summed E-state index contributed by atoms with van der Waals surface area (Å²) in [5, 5.41) is 0. The van der Waals surface area contributed by atoms with Crippen LogP contribution in [0.2, 0.25) is 0 Å². The molecule has 0 N–H and O–H groups in total. The van der Waals surface area contributed by atoms with E-state index < -0.39 is 0 Å². The molecule has 1 nitrogen and oxygen atoms in total. The van der Waals surface area contributed by atoms with Gasteiger partial charge in [0.05, 0.1) is 5.88 Å². The molecule has 46 valence electrons. The van der Waals surface area contributed by atoms with Crippen LogP contribution in [0, 0.1) is 5.92 Å². The lowest BCUT2D eigenvalue weighted by Gasteiger charge is -2.22. The topological polar surface area (TPSA) is 17.1 Å². The minimum atomic E-state index is 0.213. The molecule has 0 saturated heterocycles. The Morgan fingerprint density at radius 1 is 1.62 bits per heavy atom. The van der Waals surface area contributed by atoms with E-state index >= 15 is 0 Å². The maximum Gasteiger partial charge on any atom is 0.150 e. The van der Waals surface area contributed by atoms with Crippen molar-refractivity contribution in [2.24, 2.45) is 5.92 Å². The Morgan fingerprint density at radius 2 is 2.25 bits per heavy atom. The molecule has 1 fully saturated rings. The summed E-state index contributed by atoms with van der Waals surface area (Å²) in [7, 11) is 0. The molecule has 0 heterocycles. The third kappa shape index (κ3) is 1.03. The lowest BCUT2D eigenvalue weighted by Crippen LogP contribution is -2.22. The van der Waals surface area contributed by atoms with E-state index in [9.17, 15) is 4.79 Å². The van der Waals surface area contributed by atoms with Gasteiger partial charge in [-0.05, 0) is 12.8 Å². The van der Waals surface area contributed by atoms with Crippen molar-refractivity contribution in [3.63, 3.8) is 0 Å². The summed E-state index contributed by atoms with van der Waals surface area (Å²) in [5.74, 6) is 0.774. The molecular weight excluding hydrogens is 124 g/mol. The quantitative estimate of drug-likeness (QED) is 0.522. The number of carbonyl (C=O) groups is 1. The largest absolute Gasteiger partial charge is 0.298 e. The molecular formula is C6H9ClO. The Bertz CT molecular complexity index is 96.7. The van der Waals surface area contributed by atoms with Crippen molar-refractivity contribution in [3.05, 3.63) is 0 Å². The maximum atomic E-state index is 10.7. The van der Waals surface area contributed by atoms with E-state index in [4.69, 9.17) is 11.6 Å². The van der Waals surface area contributed by atoms with Gasteiger partial charge in [-0.3, -0.25) is 4.79 Å². The van der Waals surface area contributed by atoms with E-state index in [-0.39, 0.29) is 11.7 Å². The van der Waals surface area contributed by atoms with Crippen LogP contribution in [0.5, 0.6) is 0 Å². The molecule has 1 saturated carbocycles. The number of alkyl halides is 1. The Labute approximate surface area is 54.0 Å². The second-order valence-electron chi connectivity index (χ2n) is 2.23. The fourth-order valence-corrected chi connectivity index (χ4v) is 1.06. The van der Waals surface area contributed by atoms with Crippen LogP contribution in [0.3, 0.4) is 0 Å². The number of ketones is 1. The summed E-state index contributed by atoms with van der Waals surface area (Å²) >= 11 is 5.31. The van der Waals surface area contributed by atoms with Gasteiger partial charge < -0.3 is 0 Å². The minimum Gasteiger partial charge on any atom is -0.298 e. The van der Waals surface area contributed by atoms with E-state index in [1.807, 2.05) is 0 Å². The molecule has 2 heteroatoms. The van der Waals surface area contributed by atoms with Gasteiger partial charge >= 0.3 is 0 Å². The summed E-state index contributed by atoms with van der Waals surface area (Å²) in [6, 6.07) is 0. The second kappa shape index (κ2) is 2.49. The number of hydrogen-bond donors (Lipinski definition) is 0. The van der Waals surface area contributed by atoms with Crippen molar-refractivity contribution in [1.29, 1.82) is 0 Å². The van der Waals surface area contributed by atoms with E-state index in [1.165, 1.54) is 6.42 Å². The van der Waals surface area contributed by atoms with E-state index in [1.54, 1.807) is 0 Å². The summed E-state index contributed by atoms with van der Waals surface area (Å²) < 4.78 is 0. The predicted octanol–water partition coefficient (Wildman–Crippen LogP) is 1.59. The molecule has 0 atom stereocenters. The summed E-state index contributed by atoms with van der Waals surface area (Å²) in [5.41, 5.74) is 0. The molecule has 0 bridgehead atoms. The minimum absolute atomic E-state index is 0.213. The Balaban J connectivity index is 2.24. The Kier molecular flexibility index (Phi) is 1.90. The van der Waals surface area contributed by atoms with Crippen LogP contribution in [-0.4, -0.2) is 11.7 Å². The molecule has 0 aromatic heterocycles. The van der Waals surface area contributed by atoms with Gasteiger partial charge in [0, 0.05) is 5.92 Å². The first-order chi connectivity index (χ1) is 3.84. The SMILES string of the molecule is O=C(CCl)C1CCC1. The molecule has 0 aromatic carbocycles. The number of halogens is 1. The molecule has 1 rings (SSSR count). The van der Waals surface area contributed by atoms with Crippen LogP contribution in [0.1, 0.15) is 19.3 Å². The Hall–Kier alpha value is -0.0400. The highest BCUT2D eigenvalue weighted by molar-refractivity contribution is 6.27. The lowest BCUT2D eigenvalue weighted by molar-refractivity contribution is -0.122. The van der Waals surface area contributed by atoms with Gasteiger partial charge in [-0.1, -0.05) is 6.42 Å². The molecule has 0 spiro atoms. The highest BCUT2D eigenvalue weighted by Crippen LogP contribution is 2.27. The number of hydrogen-bond acceptors (Lipinski definition) is 1. The highest BCUT2D eigenvalue weighted by Gasteiger charge is 2.23. The van der Waals surface area contributed by atoms with E-state index in [2.05, 4.69) is 0 Å². The highest BCUT2D eigenvalue weighted by atomic mass is 35.5. The first kappa shape index (κ1) is 6.09. The van der Waals surface area contributed by atoms with Crippen molar-refractivity contribution in [1.82, 2.24) is 0 Å². The van der Waals surface area contributed by atoms with Crippen LogP contribution < -0.4 is 0 Å². The molecule has 0 unspecified atom stereocenters. The van der Waals surface area contributed by atoms with Crippen molar-refractivity contribution < 1.29 is 4.79 Å². The number of rotatable bonds is 2. The maximum absolute atomic E-state index is 10.7. The Morgan fingerprint density at radius 3 is 2.38 bits per heavy atom. The first-order valence-corrected chi connectivity index (χ1v) is 3.46. The molecule has 0 radical (unpaired) electrons.